The predicted molar refractivity (Wildman–Crippen MR) is 84.5 cm³/mol. The number of methoxy groups -OCH3 is 1. The number of hydrogen-bond donors (Lipinski definition) is 0. The molecule has 23 heavy (non-hydrogen) atoms. The lowest BCUT2D eigenvalue weighted by molar-refractivity contribution is 0.0518. The van der Waals surface area contributed by atoms with Gasteiger partial charge >= 0.3 is 5.97 Å². The predicted octanol–water partition coefficient (Wildman–Crippen LogP) is 1.99. The number of nitrogens with zero attached hydrogens (tertiary/aromatic N) is 3. The Hall–Kier alpha value is -2.41. The molecule has 0 saturated carbocycles. The summed E-state index contributed by atoms with van der Waals surface area (Å²) in [4.78, 5) is 16.1. The maximum Gasteiger partial charge on any atom is 0.358 e. The molecule has 2 aromatic rings. The third-order valence-electron chi connectivity index (χ3n) is 3.26. The molecule has 0 aromatic carbocycles. The molecule has 0 aliphatic carbocycles. The molecule has 0 saturated heterocycles. The fourth-order valence-electron chi connectivity index (χ4n) is 2.13. The van der Waals surface area contributed by atoms with Crippen molar-refractivity contribution in [2.45, 2.75) is 13.8 Å². The second-order valence-corrected chi connectivity index (χ2v) is 4.94. The van der Waals surface area contributed by atoms with Crippen LogP contribution in [0.25, 0.3) is 11.3 Å². The first-order valence-corrected chi connectivity index (χ1v) is 7.36. The summed E-state index contributed by atoms with van der Waals surface area (Å²) >= 11 is 0. The zero-order valence-electron chi connectivity index (χ0n) is 13.8. The van der Waals surface area contributed by atoms with Crippen molar-refractivity contribution in [2.24, 2.45) is 7.05 Å². The first-order valence-electron chi connectivity index (χ1n) is 7.36. The highest BCUT2D eigenvalue weighted by molar-refractivity contribution is 5.88. The van der Waals surface area contributed by atoms with E-state index in [1.807, 2.05) is 13.0 Å². The van der Waals surface area contributed by atoms with Crippen LogP contribution in [-0.4, -0.2) is 47.7 Å². The summed E-state index contributed by atoms with van der Waals surface area (Å²) in [5.74, 6) is 0.107. The molecule has 2 heterocycles. The number of carbonyl (C=O) groups excluding carboxylic acids is 1. The minimum absolute atomic E-state index is 0.282. The van der Waals surface area contributed by atoms with Gasteiger partial charge in [-0.25, -0.2) is 9.78 Å². The van der Waals surface area contributed by atoms with Crippen LogP contribution in [-0.2, 0) is 16.5 Å². The molecule has 0 aliphatic rings. The van der Waals surface area contributed by atoms with E-state index in [-0.39, 0.29) is 5.69 Å². The van der Waals surface area contributed by atoms with Crippen LogP contribution in [0.15, 0.2) is 18.3 Å². The van der Waals surface area contributed by atoms with Gasteiger partial charge in [0.05, 0.1) is 18.9 Å². The molecule has 0 fully saturated rings. The minimum Gasteiger partial charge on any atom is -0.475 e. The third-order valence-corrected chi connectivity index (χ3v) is 3.26. The lowest BCUT2D eigenvalue weighted by Crippen LogP contribution is -2.06. The van der Waals surface area contributed by atoms with Crippen molar-refractivity contribution in [3.63, 3.8) is 0 Å². The number of pyridine rings is 1. The van der Waals surface area contributed by atoms with Crippen LogP contribution in [0.5, 0.6) is 5.88 Å². The van der Waals surface area contributed by atoms with Gasteiger partial charge in [0, 0.05) is 32.0 Å². The zero-order chi connectivity index (χ0) is 16.8. The van der Waals surface area contributed by atoms with E-state index in [2.05, 4.69) is 10.1 Å². The van der Waals surface area contributed by atoms with E-state index in [9.17, 15) is 4.79 Å². The molecular formula is C16H21N3O4. The lowest BCUT2D eigenvalue weighted by Gasteiger charge is -2.09. The van der Waals surface area contributed by atoms with Crippen molar-refractivity contribution in [1.82, 2.24) is 14.8 Å². The van der Waals surface area contributed by atoms with Gasteiger partial charge in [-0.05, 0) is 25.5 Å². The summed E-state index contributed by atoms with van der Waals surface area (Å²) in [5.41, 5.74) is 2.94. The Morgan fingerprint density at radius 2 is 2.09 bits per heavy atom. The highest BCUT2D eigenvalue weighted by Gasteiger charge is 2.16. The number of aromatic nitrogens is 3. The van der Waals surface area contributed by atoms with E-state index in [1.165, 1.54) is 0 Å². The fraction of sp³-hybridized carbons (Fsp3) is 0.438. The molecule has 2 rings (SSSR count). The SMILES string of the molecule is CCOC(=O)c1cc(-c2cnc(OCCOC)cc2C)n(C)n1. The van der Waals surface area contributed by atoms with E-state index in [0.29, 0.717) is 25.7 Å². The van der Waals surface area contributed by atoms with Gasteiger partial charge in [-0.3, -0.25) is 4.68 Å². The zero-order valence-corrected chi connectivity index (χ0v) is 13.8. The summed E-state index contributed by atoms with van der Waals surface area (Å²) in [7, 11) is 3.40. The number of esters is 1. The van der Waals surface area contributed by atoms with E-state index in [0.717, 1.165) is 16.8 Å². The van der Waals surface area contributed by atoms with E-state index in [1.54, 1.807) is 38.0 Å². The average molecular weight is 319 g/mol. The number of rotatable bonds is 7. The van der Waals surface area contributed by atoms with Gasteiger partial charge in [-0.1, -0.05) is 0 Å². The normalized spacial score (nSPS) is 10.6. The number of aryl methyl sites for hydroxylation is 2. The van der Waals surface area contributed by atoms with Crippen molar-refractivity contribution < 1.29 is 19.0 Å². The molecule has 7 nitrogen and oxygen atoms in total. The van der Waals surface area contributed by atoms with Gasteiger partial charge in [0.25, 0.3) is 0 Å². The fourth-order valence-corrected chi connectivity index (χ4v) is 2.13. The molecule has 0 spiro atoms. The van der Waals surface area contributed by atoms with Crippen LogP contribution in [0.1, 0.15) is 23.0 Å². The molecule has 0 N–H and O–H groups in total. The largest absolute Gasteiger partial charge is 0.475 e. The van der Waals surface area contributed by atoms with Crippen LogP contribution in [0, 0.1) is 6.92 Å². The van der Waals surface area contributed by atoms with Crippen LogP contribution in [0.3, 0.4) is 0 Å². The molecule has 124 valence electrons. The molecular weight excluding hydrogens is 298 g/mol. The van der Waals surface area contributed by atoms with Gasteiger partial charge in [0.15, 0.2) is 5.69 Å². The standard InChI is InChI=1S/C16H21N3O4/c1-5-22-16(20)13-9-14(19(3)18-13)12-10-17-15(8-11(12)2)23-7-6-21-4/h8-10H,5-7H2,1-4H3. The van der Waals surface area contributed by atoms with Crippen LogP contribution in [0.4, 0.5) is 0 Å². The van der Waals surface area contributed by atoms with E-state index in [4.69, 9.17) is 14.2 Å². The Morgan fingerprint density at radius 1 is 1.30 bits per heavy atom. The maximum absolute atomic E-state index is 11.8. The van der Waals surface area contributed by atoms with Crippen molar-refractivity contribution in [3.8, 4) is 17.1 Å². The second kappa shape index (κ2) is 7.73. The first-order chi connectivity index (χ1) is 11.1. The van der Waals surface area contributed by atoms with Crippen molar-refractivity contribution in [2.75, 3.05) is 26.9 Å². The Kier molecular flexibility index (Phi) is 5.70. The number of hydrogen-bond acceptors (Lipinski definition) is 6. The van der Waals surface area contributed by atoms with Crippen molar-refractivity contribution >= 4 is 5.97 Å². The molecule has 0 radical (unpaired) electrons. The van der Waals surface area contributed by atoms with Crippen LogP contribution < -0.4 is 4.74 Å². The lowest BCUT2D eigenvalue weighted by atomic mass is 10.1. The molecule has 0 bridgehead atoms. The summed E-state index contributed by atoms with van der Waals surface area (Å²) < 4.78 is 17.0. The second-order valence-electron chi connectivity index (χ2n) is 4.94. The van der Waals surface area contributed by atoms with Gasteiger partial charge in [-0.2, -0.15) is 5.10 Å². The smallest absolute Gasteiger partial charge is 0.358 e. The molecule has 2 aromatic heterocycles. The third kappa shape index (κ3) is 4.07. The highest BCUT2D eigenvalue weighted by Crippen LogP contribution is 2.25. The van der Waals surface area contributed by atoms with Gasteiger partial charge in [-0.15, -0.1) is 0 Å². The summed E-state index contributed by atoms with van der Waals surface area (Å²) in [5, 5.41) is 4.20. The summed E-state index contributed by atoms with van der Waals surface area (Å²) in [6.07, 6.45) is 1.71. The van der Waals surface area contributed by atoms with Crippen LogP contribution in [0.2, 0.25) is 0 Å². The summed E-state index contributed by atoms with van der Waals surface area (Å²) in [6, 6.07) is 3.55. The molecule has 0 unspecified atom stereocenters. The maximum atomic E-state index is 11.8. The van der Waals surface area contributed by atoms with Crippen molar-refractivity contribution in [1.29, 1.82) is 0 Å². The summed E-state index contributed by atoms with van der Waals surface area (Å²) in [6.45, 7) is 4.99. The molecule has 0 atom stereocenters. The quantitative estimate of drug-likeness (QED) is 0.574. The molecule has 7 heteroatoms. The highest BCUT2D eigenvalue weighted by atomic mass is 16.5. The Balaban J connectivity index is 2.23. The number of carbonyl (C=O) groups is 1. The first kappa shape index (κ1) is 17.0. The Labute approximate surface area is 135 Å². The molecule has 0 aliphatic heterocycles. The van der Waals surface area contributed by atoms with Gasteiger partial charge in [0.2, 0.25) is 5.88 Å². The monoisotopic (exact) mass is 319 g/mol. The van der Waals surface area contributed by atoms with E-state index >= 15 is 0 Å². The van der Waals surface area contributed by atoms with Gasteiger partial charge in [0.1, 0.15) is 6.61 Å². The Morgan fingerprint density at radius 3 is 2.74 bits per heavy atom. The minimum atomic E-state index is -0.431. The van der Waals surface area contributed by atoms with Gasteiger partial charge < -0.3 is 14.2 Å². The van der Waals surface area contributed by atoms with Crippen LogP contribution >= 0.6 is 0 Å². The topological polar surface area (TPSA) is 75.5 Å². The van der Waals surface area contributed by atoms with Crippen molar-refractivity contribution in [3.05, 3.63) is 29.6 Å². The molecule has 0 amide bonds. The average Bonchev–Trinajstić information content (AvgIpc) is 2.90. The Bertz CT molecular complexity index is 682. The number of ether oxygens (including phenoxy) is 3. The van der Waals surface area contributed by atoms with E-state index < -0.39 is 5.97 Å².